The maximum absolute atomic E-state index is 10.4. The maximum atomic E-state index is 10.4. The van der Waals surface area contributed by atoms with E-state index in [-0.39, 0.29) is 12.6 Å². The van der Waals surface area contributed by atoms with Crippen LogP contribution in [0, 0.1) is 11.8 Å². The number of nitrogens with zero attached hydrogens (tertiary/aromatic N) is 1. The second kappa shape index (κ2) is 6.74. The van der Waals surface area contributed by atoms with Crippen LogP contribution in [0.25, 0.3) is 0 Å². The molecular formula is C10H15NO2S. The summed E-state index contributed by atoms with van der Waals surface area (Å²) < 4.78 is 4.70. The molecule has 0 spiro atoms. The Hall–Kier alpha value is -0.660. The molecule has 0 atom stereocenters. The molecule has 3 nitrogen and oxygen atoms in total. The zero-order valence-electron chi connectivity index (χ0n) is 8.41. The van der Waals surface area contributed by atoms with Gasteiger partial charge < -0.3 is 4.74 Å². The number of hydrogen-bond acceptors (Lipinski definition) is 4. The van der Waals surface area contributed by atoms with E-state index in [1.54, 1.807) is 0 Å². The van der Waals surface area contributed by atoms with Crippen molar-refractivity contribution in [1.82, 2.24) is 4.90 Å². The number of rotatable bonds is 2. The van der Waals surface area contributed by atoms with Gasteiger partial charge in [0.1, 0.15) is 0 Å². The van der Waals surface area contributed by atoms with Crippen LogP contribution in [-0.2, 0) is 9.53 Å². The molecule has 0 aliphatic carbocycles. The smallest absolute Gasteiger partial charge is 0.303 e. The largest absolute Gasteiger partial charge is 0.453 e. The molecule has 1 aliphatic rings. The normalized spacial score (nSPS) is 16.9. The fourth-order valence-electron chi connectivity index (χ4n) is 1.12. The van der Waals surface area contributed by atoms with Gasteiger partial charge in [-0.3, -0.25) is 9.69 Å². The fourth-order valence-corrected chi connectivity index (χ4v) is 2.09. The first-order valence-corrected chi connectivity index (χ1v) is 5.83. The topological polar surface area (TPSA) is 29.5 Å². The van der Waals surface area contributed by atoms with Gasteiger partial charge in [0.25, 0.3) is 0 Å². The van der Waals surface area contributed by atoms with Gasteiger partial charge in [-0.15, -0.1) is 0 Å². The number of hydrogen-bond donors (Lipinski definition) is 0. The molecule has 78 valence electrons. The highest BCUT2D eigenvalue weighted by molar-refractivity contribution is 7.99. The van der Waals surface area contributed by atoms with E-state index in [4.69, 9.17) is 4.74 Å². The molecule has 0 unspecified atom stereocenters. The summed E-state index contributed by atoms with van der Waals surface area (Å²) >= 11 is 1.99. The summed E-state index contributed by atoms with van der Waals surface area (Å²) in [6.07, 6.45) is 0. The van der Waals surface area contributed by atoms with E-state index in [1.807, 2.05) is 11.8 Å². The number of carbonyl (C=O) groups is 1. The van der Waals surface area contributed by atoms with Crippen LogP contribution >= 0.6 is 11.8 Å². The molecule has 1 saturated heterocycles. The first kappa shape index (κ1) is 11.4. The van der Waals surface area contributed by atoms with Crippen LogP contribution in [0.5, 0.6) is 0 Å². The first-order chi connectivity index (χ1) is 6.79. The van der Waals surface area contributed by atoms with Gasteiger partial charge in [0.2, 0.25) is 0 Å². The molecule has 0 aromatic heterocycles. The van der Waals surface area contributed by atoms with Gasteiger partial charge in [-0.05, 0) is 0 Å². The van der Waals surface area contributed by atoms with Crippen LogP contribution in [0.2, 0.25) is 0 Å². The van der Waals surface area contributed by atoms with Gasteiger partial charge in [-0.2, -0.15) is 11.8 Å². The van der Waals surface area contributed by atoms with Crippen LogP contribution in [0.4, 0.5) is 0 Å². The lowest BCUT2D eigenvalue weighted by Gasteiger charge is -2.23. The Kier molecular flexibility index (Phi) is 5.50. The third-order valence-electron chi connectivity index (χ3n) is 1.88. The van der Waals surface area contributed by atoms with Crippen molar-refractivity contribution in [3.05, 3.63) is 0 Å². The predicted molar refractivity (Wildman–Crippen MR) is 58.2 cm³/mol. The Morgan fingerprint density at radius 2 is 2.14 bits per heavy atom. The van der Waals surface area contributed by atoms with Crippen molar-refractivity contribution in [2.24, 2.45) is 0 Å². The minimum atomic E-state index is -0.270. The highest BCUT2D eigenvalue weighted by Gasteiger charge is 2.07. The molecular weight excluding hydrogens is 198 g/mol. The SMILES string of the molecule is CC(=O)OCC#CCN1CCSCC1. The van der Waals surface area contributed by atoms with Gasteiger partial charge in [0, 0.05) is 31.5 Å². The van der Waals surface area contributed by atoms with Crippen LogP contribution in [0.3, 0.4) is 0 Å². The lowest BCUT2D eigenvalue weighted by atomic mass is 10.4. The number of ether oxygens (including phenoxy) is 1. The van der Waals surface area contributed by atoms with Crippen molar-refractivity contribution in [2.45, 2.75) is 6.92 Å². The molecule has 0 aromatic carbocycles. The molecule has 0 radical (unpaired) electrons. The van der Waals surface area contributed by atoms with Crippen molar-refractivity contribution >= 4 is 17.7 Å². The minimum Gasteiger partial charge on any atom is -0.453 e. The molecule has 0 N–H and O–H groups in total. The average Bonchev–Trinajstić information content (AvgIpc) is 2.18. The third-order valence-corrected chi connectivity index (χ3v) is 2.82. The van der Waals surface area contributed by atoms with Crippen LogP contribution < -0.4 is 0 Å². The molecule has 4 heteroatoms. The van der Waals surface area contributed by atoms with Crippen LogP contribution in [0.1, 0.15) is 6.92 Å². The highest BCUT2D eigenvalue weighted by Crippen LogP contribution is 2.07. The molecule has 1 rings (SSSR count). The van der Waals surface area contributed by atoms with E-state index in [1.165, 1.54) is 18.4 Å². The Labute approximate surface area is 89.2 Å². The molecule has 0 saturated carbocycles. The molecule has 14 heavy (non-hydrogen) atoms. The van der Waals surface area contributed by atoms with E-state index in [2.05, 4.69) is 16.7 Å². The standard InChI is InChI=1S/C10H15NO2S/c1-10(12)13-7-3-2-4-11-5-8-14-9-6-11/h4-9H2,1H3. The minimum absolute atomic E-state index is 0.220. The van der Waals surface area contributed by atoms with Crippen molar-refractivity contribution in [2.75, 3.05) is 37.7 Å². The van der Waals surface area contributed by atoms with E-state index < -0.39 is 0 Å². The molecule has 0 bridgehead atoms. The van der Waals surface area contributed by atoms with Gasteiger partial charge in [-0.25, -0.2) is 0 Å². The number of thioether (sulfide) groups is 1. The van der Waals surface area contributed by atoms with Gasteiger partial charge in [-0.1, -0.05) is 11.8 Å². The zero-order valence-corrected chi connectivity index (χ0v) is 9.23. The Balaban J connectivity index is 2.08. The second-order valence-corrected chi connectivity index (χ2v) is 4.25. The van der Waals surface area contributed by atoms with E-state index in [0.717, 1.165) is 19.6 Å². The summed E-state index contributed by atoms with van der Waals surface area (Å²) in [6.45, 7) is 4.64. The summed E-state index contributed by atoms with van der Waals surface area (Å²) in [7, 11) is 0. The summed E-state index contributed by atoms with van der Waals surface area (Å²) in [6, 6.07) is 0. The van der Waals surface area contributed by atoms with Crippen molar-refractivity contribution in [3.63, 3.8) is 0 Å². The van der Waals surface area contributed by atoms with E-state index in [0.29, 0.717) is 0 Å². The maximum Gasteiger partial charge on any atom is 0.303 e. The molecule has 0 amide bonds. The quantitative estimate of drug-likeness (QED) is 0.496. The lowest BCUT2D eigenvalue weighted by molar-refractivity contribution is -0.139. The number of carbonyl (C=O) groups excluding carboxylic acids is 1. The number of esters is 1. The molecule has 1 aliphatic heterocycles. The van der Waals surface area contributed by atoms with E-state index >= 15 is 0 Å². The Morgan fingerprint density at radius 1 is 1.43 bits per heavy atom. The lowest BCUT2D eigenvalue weighted by Crippen LogP contribution is -2.32. The molecule has 1 fully saturated rings. The van der Waals surface area contributed by atoms with Gasteiger partial charge >= 0.3 is 5.97 Å². The fraction of sp³-hybridized carbons (Fsp3) is 0.700. The van der Waals surface area contributed by atoms with Crippen molar-refractivity contribution < 1.29 is 9.53 Å². The summed E-state index contributed by atoms with van der Waals surface area (Å²) in [5.74, 6) is 7.95. The van der Waals surface area contributed by atoms with E-state index in [9.17, 15) is 4.79 Å². The monoisotopic (exact) mass is 213 g/mol. The Morgan fingerprint density at radius 3 is 2.79 bits per heavy atom. The van der Waals surface area contributed by atoms with Crippen molar-refractivity contribution in [1.29, 1.82) is 0 Å². The van der Waals surface area contributed by atoms with Gasteiger partial charge in [0.15, 0.2) is 6.61 Å². The molecule has 1 heterocycles. The summed E-state index contributed by atoms with van der Waals surface area (Å²) in [4.78, 5) is 12.7. The molecule has 0 aromatic rings. The third kappa shape index (κ3) is 5.15. The van der Waals surface area contributed by atoms with Crippen molar-refractivity contribution in [3.8, 4) is 11.8 Å². The Bertz CT molecular complexity index is 238. The predicted octanol–water partition coefficient (Wildman–Crippen LogP) is 0.602. The summed E-state index contributed by atoms with van der Waals surface area (Å²) in [5, 5.41) is 0. The highest BCUT2D eigenvalue weighted by atomic mass is 32.2. The second-order valence-electron chi connectivity index (χ2n) is 3.02. The first-order valence-electron chi connectivity index (χ1n) is 4.68. The van der Waals surface area contributed by atoms with Crippen LogP contribution in [-0.4, -0.2) is 48.6 Å². The van der Waals surface area contributed by atoms with Crippen LogP contribution in [0.15, 0.2) is 0 Å². The average molecular weight is 213 g/mol. The summed E-state index contributed by atoms with van der Waals surface area (Å²) in [5.41, 5.74) is 0. The zero-order chi connectivity index (χ0) is 10.2. The van der Waals surface area contributed by atoms with Gasteiger partial charge in [0.05, 0.1) is 6.54 Å².